The Morgan fingerprint density at radius 3 is 2.53 bits per heavy atom. The normalized spacial score (nSPS) is 10.1. The lowest BCUT2D eigenvalue weighted by Crippen LogP contribution is -2.09. The fraction of sp³-hybridized carbons (Fsp3) is 0.0909. The molecule has 0 bridgehead atoms. The summed E-state index contributed by atoms with van der Waals surface area (Å²) in [5.41, 5.74) is 5.19. The summed E-state index contributed by atoms with van der Waals surface area (Å²) in [5.74, 6) is 5.71. The number of nitrogens with zero attached hydrogens (tertiary/aromatic N) is 2. The molecule has 5 nitrogen and oxygen atoms in total. The van der Waals surface area contributed by atoms with Crippen LogP contribution in [0.4, 0.5) is 17.2 Å². The number of hydrogen-bond donors (Lipinski definition) is 3. The fourth-order valence-corrected chi connectivity index (χ4v) is 1.47. The molecule has 0 atom stereocenters. The number of benzene rings is 1. The molecule has 0 spiro atoms. The molecule has 2 rings (SSSR count). The van der Waals surface area contributed by atoms with Crippen LogP contribution in [0.5, 0.6) is 0 Å². The summed E-state index contributed by atoms with van der Waals surface area (Å²) in [7, 11) is 0. The Balaban J connectivity index is 2.25. The first-order valence-electron chi connectivity index (χ1n) is 5.02. The van der Waals surface area contributed by atoms with Crippen molar-refractivity contribution in [1.82, 2.24) is 10.2 Å². The van der Waals surface area contributed by atoms with Gasteiger partial charge < -0.3 is 10.7 Å². The third kappa shape index (κ3) is 2.83. The molecule has 88 valence electrons. The molecular weight excluding hydrogens is 238 g/mol. The highest BCUT2D eigenvalue weighted by molar-refractivity contribution is 6.32. The first kappa shape index (κ1) is 11.6. The first-order valence-corrected chi connectivity index (χ1v) is 5.40. The van der Waals surface area contributed by atoms with Crippen LogP contribution in [-0.2, 0) is 0 Å². The van der Waals surface area contributed by atoms with Gasteiger partial charge in [-0.25, -0.2) is 5.84 Å². The van der Waals surface area contributed by atoms with Crippen molar-refractivity contribution < 1.29 is 0 Å². The lowest BCUT2D eigenvalue weighted by Gasteiger charge is -2.08. The van der Waals surface area contributed by atoms with E-state index in [4.69, 9.17) is 17.4 Å². The van der Waals surface area contributed by atoms with Gasteiger partial charge in [0.25, 0.3) is 0 Å². The van der Waals surface area contributed by atoms with Gasteiger partial charge in [0, 0.05) is 11.8 Å². The molecule has 0 aliphatic heterocycles. The fourth-order valence-electron chi connectivity index (χ4n) is 1.33. The second-order valence-corrected chi connectivity index (χ2v) is 3.93. The molecule has 17 heavy (non-hydrogen) atoms. The Kier molecular flexibility index (Phi) is 3.41. The van der Waals surface area contributed by atoms with Crippen molar-refractivity contribution in [1.29, 1.82) is 0 Å². The van der Waals surface area contributed by atoms with E-state index in [2.05, 4.69) is 20.9 Å². The van der Waals surface area contributed by atoms with Gasteiger partial charge in [-0.1, -0.05) is 29.3 Å². The second-order valence-electron chi connectivity index (χ2n) is 3.57. The summed E-state index contributed by atoms with van der Waals surface area (Å²) < 4.78 is 0. The molecule has 2 aromatic rings. The van der Waals surface area contributed by atoms with Crippen LogP contribution in [0, 0.1) is 6.92 Å². The van der Waals surface area contributed by atoms with Crippen molar-refractivity contribution in [3.8, 4) is 0 Å². The van der Waals surface area contributed by atoms with E-state index in [1.807, 2.05) is 31.2 Å². The molecule has 0 aliphatic rings. The van der Waals surface area contributed by atoms with Crippen LogP contribution in [0.1, 0.15) is 5.56 Å². The average molecular weight is 250 g/mol. The third-order valence-electron chi connectivity index (χ3n) is 2.23. The SMILES string of the molecule is Cc1ccc(Nc2cc(NN)nnc2Cl)cc1. The van der Waals surface area contributed by atoms with Gasteiger partial charge in [-0.3, -0.25) is 0 Å². The van der Waals surface area contributed by atoms with Gasteiger partial charge in [0.05, 0.1) is 5.69 Å². The lowest BCUT2D eigenvalue weighted by molar-refractivity contribution is 1.02. The van der Waals surface area contributed by atoms with E-state index in [1.165, 1.54) is 5.56 Å². The highest BCUT2D eigenvalue weighted by Crippen LogP contribution is 2.24. The predicted octanol–water partition coefficient (Wildman–Crippen LogP) is 2.47. The van der Waals surface area contributed by atoms with Crippen LogP contribution in [0.15, 0.2) is 30.3 Å². The maximum absolute atomic E-state index is 5.93. The van der Waals surface area contributed by atoms with E-state index in [1.54, 1.807) is 6.07 Å². The maximum Gasteiger partial charge on any atom is 0.175 e. The summed E-state index contributed by atoms with van der Waals surface area (Å²) >= 11 is 5.93. The van der Waals surface area contributed by atoms with E-state index < -0.39 is 0 Å². The molecule has 1 aromatic heterocycles. The van der Waals surface area contributed by atoms with Crippen LogP contribution in [0.3, 0.4) is 0 Å². The maximum atomic E-state index is 5.93. The first-order chi connectivity index (χ1) is 8.19. The number of hydrazine groups is 1. The smallest absolute Gasteiger partial charge is 0.175 e. The van der Waals surface area contributed by atoms with Crippen molar-refractivity contribution in [2.45, 2.75) is 6.92 Å². The monoisotopic (exact) mass is 249 g/mol. The minimum Gasteiger partial charge on any atom is -0.353 e. The Morgan fingerprint density at radius 2 is 1.88 bits per heavy atom. The Hall–Kier alpha value is -1.85. The minimum absolute atomic E-state index is 0.296. The summed E-state index contributed by atoms with van der Waals surface area (Å²) in [6.45, 7) is 2.03. The highest BCUT2D eigenvalue weighted by atomic mass is 35.5. The van der Waals surface area contributed by atoms with Crippen molar-refractivity contribution in [3.05, 3.63) is 41.0 Å². The molecule has 0 unspecified atom stereocenters. The quantitative estimate of drug-likeness (QED) is 0.576. The molecular formula is C11H12ClN5. The Morgan fingerprint density at radius 1 is 1.18 bits per heavy atom. The van der Waals surface area contributed by atoms with Gasteiger partial charge in [0.1, 0.15) is 0 Å². The predicted molar refractivity (Wildman–Crippen MR) is 69.3 cm³/mol. The van der Waals surface area contributed by atoms with Gasteiger partial charge in [-0.15, -0.1) is 10.2 Å². The summed E-state index contributed by atoms with van der Waals surface area (Å²) in [5, 5.41) is 11.0. The molecule has 0 fully saturated rings. The molecule has 0 saturated heterocycles. The van der Waals surface area contributed by atoms with Crippen molar-refractivity contribution in [2.75, 3.05) is 10.7 Å². The topological polar surface area (TPSA) is 75.9 Å². The Bertz CT molecular complexity index is 512. The standard InChI is InChI=1S/C11H12ClN5/c1-7-2-4-8(5-3-7)14-9-6-10(15-13)16-17-11(9)12/h2-6H,13H2,1H3,(H2,14,15,16). The molecule has 0 amide bonds. The van der Waals surface area contributed by atoms with Gasteiger partial charge >= 0.3 is 0 Å². The van der Waals surface area contributed by atoms with E-state index in [9.17, 15) is 0 Å². The second kappa shape index (κ2) is 4.99. The van der Waals surface area contributed by atoms with Crippen LogP contribution >= 0.6 is 11.6 Å². The molecule has 6 heteroatoms. The van der Waals surface area contributed by atoms with E-state index in [0.29, 0.717) is 16.7 Å². The van der Waals surface area contributed by atoms with Crippen molar-refractivity contribution >= 4 is 28.8 Å². The lowest BCUT2D eigenvalue weighted by atomic mass is 10.2. The van der Waals surface area contributed by atoms with Crippen molar-refractivity contribution in [2.24, 2.45) is 5.84 Å². The number of nitrogens with one attached hydrogen (secondary N) is 2. The van der Waals surface area contributed by atoms with Gasteiger partial charge in [-0.05, 0) is 19.1 Å². The van der Waals surface area contributed by atoms with Crippen LogP contribution in [0.2, 0.25) is 5.15 Å². The third-order valence-corrected chi connectivity index (χ3v) is 2.51. The highest BCUT2D eigenvalue weighted by Gasteiger charge is 2.04. The summed E-state index contributed by atoms with van der Waals surface area (Å²) in [4.78, 5) is 0. The van der Waals surface area contributed by atoms with E-state index in [0.717, 1.165) is 5.69 Å². The number of nitrogens with two attached hydrogens (primary N) is 1. The number of nitrogen functional groups attached to an aromatic ring is 1. The number of hydrogen-bond acceptors (Lipinski definition) is 5. The van der Waals surface area contributed by atoms with Crippen LogP contribution in [0.25, 0.3) is 0 Å². The summed E-state index contributed by atoms with van der Waals surface area (Å²) in [6, 6.07) is 9.62. The van der Waals surface area contributed by atoms with Gasteiger partial charge in [0.15, 0.2) is 11.0 Å². The van der Waals surface area contributed by atoms with Gasteiger partial charge in [0.2, 0.25) is 0 Å². The number of aryl methyl sites for hydroxylation is 1. The molecule has 0 saturated carbocycles. The minimum atomic E-state index is 0.296. The Labute approximate surface area is 104 Å². The molecule has 4 N–H and O–H groups in total. The van der Waals surface area contributed by atoms with Crippen LogP contribution in [-0.4, -0.2) is 10.2 Å². The zero-order valence-electron chi connectivity index (χ0n) is 9.24. The van der Waals surface area contributed by atoms with E-state index in [-0.39, 0.29) is 0 Å². The number of anilines is 3. The number of halogens is 1. The zero-order valence-corrected chi connectivity index (χ0v) is 9.99. The molecule has 0 aliphatic carbocycles. The van der Waals surface area contributed by atoms with E-state index >= 15 is 0 Å². The summed E-state index contributed by atoms with van der Waals surface area (Å²) in [6.07, 6.45) is 0. The largest absolute Gasteiger partial charge is 0.353 e. The molecule has 1 heterocycles. The average Bonchev–Trinajstić information content (AvgIpc) is 2.35. The zero-order chi connectivity index (χ0) is 12.3. The number of aromatic nitrogens is 2. The van der Waals surface area contributed by atoms with Crippen LogP contribution < -0.4 is 16.6 Å². The molecule has 0 radical (unpaired) electrons. The molecule has 1 aromatic carbocycles. The van der Waals surface area contributed by atoms with Crippen molar-refractivity contribution in [3.63, 3.8) is 0 Å². The van der Waals surface area contributed by atoms with Gasteiger partial charge in [-0.2, -0.15) is 0 Å². The number of rotatable bonds is 3.